The summed E-state index contributed by atoms with van der Waals surface area (Å²) in [5.41, 5.74) is 2.28. The predicted molar refractivity (Wildman–Crippen MR) is 124 cm³/mol. The number of piperazine rings is 1. The highest BCUT2D eigenvalue weighted by atomic mass is 16.2. The van der Waals surface area contributed by atoms with Crippen molar-refractivity contribution in [1.82, 2.24) is 20.4 Å². The molecule has 6 nitrogen and oxygen atoms in total. The summed E-state index contributed by atoms with van der Waals surface area (Å²) in [5.74, 6) is 0.173. The Labute approximate surface area is 185 Å². The van der Waals surface area contributed by atoms with Gasteiger partial charge in [0.15, 0.2) is 0 Å². The third kappa shape index (κ3) is 7.19. The van der Waals surface area contributed by atoms with E-state index in [1.165, 1.54) is 0 Å². The van der Waals surface area contributed by atoms with Crippen LogP contribution < -0.4 is 10.6 Å². The van der Waals surface area contributed by atoms with Gasteiger partial charge in [-0.1, -0.05) is 74.0 Å². The minimum atomic E-state index is -0.0283. The third-order valence-corrected chi connectivity index (χ3v) is 5.67. The van der Waals surface area contributed by atoms with Crippen LogP contribution in [0.1, 0.15) is 36.9 Å². The number of hydrogen-bond acceptors (Lipinski definition) is 4. The molecule has 1 aliphatic rings. The molecule has 31 heavy (non-hydrogen) atoms. The molecule has 1 saturated heterocycles. The van der Waals surface area contributed by atoms with Gasteiger partial charge < -0.3 is 10.2 Å². The van der Waals surface area contributed by atoms with Gasteiger partial charge in [-0.3, -0.25) is 19.8 Å². The highest BCUT2D eigenvalue weighted by molar-refractivity contribution is 5.79. The zero-order valence-electron chi connectivity index (χ0n) is 18.4. The summed E-state index contributed by atoms with van der Waals surface area (Å²) < 4.78 is 0. The molecule has 166 valence electrons. The van der Waals surface area contributed by atoms with Crippen molar-refractivity contribution in [2.24, 2.45) is 0 Å². The SMILES string of the molecule is CCCCNC(=O)CN1CCN(C(=O)CNC(c2ccccc2)c2ccccc2)CC1. The lowest BCUT2D eigenvalue weighted by atomic mass is 9.99. The van der Waals surface area contributed by atoms with Crippen molar-refractivity contribution in [3.8, 4) is 0 Å². The number of carbonyl (C=O) groups excluding carboxylic acids is 2. The molecule has 1 aliphatic heterocycles. The molecule has 6 heteroatoms. The molecule has 0 saturated carbocycles. The fraction of sp³-hybridized carbons (Fsp3) is 0.440. The molecule has 3 rings (SSSR count). The average molecular weight is 423 g/mol. The molecule has 2 amide bonds. The second-order valence-corrected chi connectivity index (χ2v) is 8.00. The van der Waals surface area contributed by atoms with Gasteiger partial charge in [-0.05, 0) is 17.5 Å². The van der Waals surface area contributed by atoms with Crippen molar-refractivity contribution in [2.45, 2.75) is 25.8 Å². The fourth-order valence-corrected chi connectivity index (χ4v) is 3.84. The second kappa shape index (κ2) is 12.2. The molecular formula is C25H34N4O2. The minimum absolute atomic E-state index is 0.0283. The molecule has 1 heterocycles. The van der Waals surface area contributed by atoms with Crippen LogP contribution in [0.2, 0.25) is 0 Å². The maximum absolute atomic E-state index is 12.8. The van der Waals surface area contributed by atoms with Crippen molar-refractivity contribution in [2.75, 3.05) is 45.8 Å². The predicted octanol–water partition coefficient (Wildman–Crippen LogP) is 2.43. The summed E-state index contributed by atoms with van der Waals surface area (Å²) in [5, 5.41) is 6.41. The highest BCUT2D eigenvalue weighted by Crippen LogP contribution is 2.21. The average Bonchev–Trinajstić information content (AvgIpc) is 2.81. The van der Waals surface area contributed by atoms with E-state index >= 15 is 0 Å². The molecule has 2 N–H and O–H groups in total. The van der Waals surface area contributed by atoms with Crippen molar-refractivity contribution in [1.29, 1.82) is 0 Å². The lowest BCUT2D eigenvalue weighted by Gasteiger charge is -2.34. The third-order valence-electron chi connectivity index (χ3n) is 5.67. The van der Waals surface area contributed by atoms with E-state index in [0.717, 1.165) is 43.6 Å². The zero-order chi connectivity index (χ0) is 21.9. The van der Waals surface area contributed by atoms with Gasteiger partial charge in [-0.25, -0.2) is 0 Å². The number of nitrogens with zero attached hydrogens (tertiary/aromatic N) is 2. The Balaban J connectivity index is 1.48. The van der Waals surface area contributed by atoms with Crippen LogP contribution in [0.5, 0.6) is 0 Å². The summed E-state index contributed by atoms with van der Waals surface area (Å²) in [7, 11) is 0. The quantitative estimate of drug-likeness (QED) is 0.577. The van der Waals surface area contributed by atoms with Crippen LogP contribution in [0.4, 0.5) is 0 Å². The molecule has 0 aromatic heterocycles. The van der Waals surface area contributed by atoms with Gasteiger partial charge in [0.05, 0.1) is 19.1 Å². The molecule has 0 atom stereocenters. The lowest BCUT2D eigenvalue weighted by Crippen LogP contribution is -2.52. The highest BCUT2D eigenvalue weighted by Gasteiger charge is 2.23. The summed E-state index contributed by atoms with van der Waals surface area (Å²) >= 11 is 0. The van der Waals surface area contributed by atoms with E-state index in [9.17, 15) is 9.59 Å². The van der Waals surface area contributed by atoms with E-state index in [2.05, 4.69) is 46.7 Å². The summed E-state index contributed by atoms with van der Waals surface area (Å²) in [6.45, 7) is 6.32. The molecule has 1 fully saturated rings. The maximum Gasteiger partial charge on any atom is 0.236 e. The summed E-state index contributed by atoms with van der Waals surface area (Å²) in [6, 6.07) is 20.4. The number of benzene rings is 2. The van der Waals surface area contributed by atoms with Gasteiger partial charge in [-0.2, -0.15) is 0 Å². The van der Waals surface area contributed by atoms with Gasteiger partial charge >= 0.3 is 0 Å². The number of hydrogen-bond donors (Lipinski definition) is 2. The molecule has 0 radical (unpaired) electrons. The summed E-state index contributed by atoms with van der Waals surface area (Å²) in [6.07, 6.45) is 2.08. The van der Waals surface area contributed by atoms with Crippen molar-refractivity contribution < 1.29 is 9.59 Å². The van der Waals surface area contributed by atoms with Crippen LogP contribution in [0.15, 0.2) is 60.7 Å². The number of carbonyl (C=O) groups is 2. The maximum atomic E-state index is 12.8. The van der Waals surface area contributed by atoms with E-state index in [1.54, 1.807) is 0 Å². The Morgan fingerprint density at radius 2 is 1.48 bits per heavy atom. The van der Waals surface area contributed by atoms with Crippen molar-refractivity contribution >= 4 is 11.8 Å². The fourth-order valence-electron chi connectivity index (χ4n) is 3.84. The largest absolute Gasteiger partial charge is 0.355 e. The lowest BCUT2D eigenvalue weighted by molar-refractivity contribution is -0.132. The van der Waals surface area contributed by atoms with Gasteiger partial charge in [0, 0.05) is 32.7 Å². The van der Waals surface area contributed by atoms with Crippen LogP contribution in [0.3, 0.4) is 0 Å². The van der Waals surface area contributed by atoms with Gasteiger partial charge in [0.25, 0.3) is 0 Å². The molecule has 0 bridgehead atoms. The molecule has 0 spiro atoms. The Bertz CT molecular complexity index is 765. The Kier molecular flexibility index (Phi) is 9.06. The van der Waals surface area contributed by atoms with E-state index in [4.69, 9.17) is 0 Å². The number of amides is 2. The Morgan fingerprint density at radius 1 is 0.903 bits per heavy atom. The normalized spacial score (nSPS) is 14.6. The molecular weight excluding hydrogens is 388 g/mol. The number of rotatable bonds is 10. The molecule has 0 unspecified atom stereocenters. The Morgan fingerprint density at radius 3 is 2.03 bits per heavy atom. The first-order valence-corrected chi connectivity index (χ1v) is 11.3. The summed E-state index contributed by atoms with van der Waals surface area (Å²) in [4.78, 5) is 28.9. The van der Waals surface area contributed by atoms with Gasteiger partial charge in [0.1, 0.15) is 0 Å². The minimum Gasteiger partial charge on any atom is -0.355 e. The first kappa shape index (κ1) is 23.0. The van der Waals surface area contributed by atoms with Gasteiger partial charge in [-0.15, -0.1) is 0 Å². The van der Waals surface area contributed by atoms with Crippen molar-refractivity contribution in [3.05, 3.63) is 71.8 Å². The topological polar surface area (TPSA) is 64.7 Å². The van der Waals surface area contributed by atoms with Crippen LogP contribution >= 0.6 is 0 Å². The van der Waals surface area contributed by atoms with Gasteiger partial charge in [0.2, 0.25) is 11.8 Å². The Hall–Kier alpha value is -2.70. The van der Waals surface area contributed by atoms with E-state index < -0.39 is 0 Å². The first-order chi connectivity index (χ1) is 15.2. The molecule has 0 aliphatic carbocycles. The zero-order valence-corrected chi connectivity index (χ0v) is 18.4. The van der Waals surface area contributed by atoms with Crippen LogP contribution in [0.25, 0.3) is 0 Å². The van der Waals surface area contributed by atoms with Crippen molar-refractivity contribution in [3.63, 3.8) is 0 Å². The molecule has 2 aromatic rings. The second-order valence-electron chi connectivity index (χ2n) is 8.00. The van der Waals surface area contributed by atoms with E-state index in [0.29, 0.717) is 19.6 Å². The monoisotopic (exact) mass is 422 g/mol. The van der Waals surface area contributed by atoms with Crippen LogP contribution in [0, 0.1) is 0 Å². The van der Waals surface area contributed by atoms with Crippen LogP contribution in [-0.4, -0.2) is 67.4 Å². The first-order valence-electron chi connectivity index (χ1n) is 11.3. The van der Waals surface area contributed by atoms with Crippen LogP contribution in [-0.2, 0) is 9.59 Å². The standard InChI is InChI=1S/C25H34N4O2/c1-2-3-14-26-23(30)20-28-15-17-29(18-16-28)24(31)19-27-25(21-10-6-4-7-11-21)22-12-8-5-9-13-22/h4-13,25,27H,2-3,14-20H2,1H3,(H,26,30). The van der Waals surface area contributed by atoms with E-state index in [-0.39, 0.29) is 24.4 Å². The smallest absolute Gasteiger partial charge is 0.236 e. The number of nitrogens with one attached hydrogen (secondary N) is 2. The molecule has 2 aromatic carbocycles. The van der Waals surface area contributed by atoms with E-state index in [1.807, 2.05) is 41.3 Å². The number of unbranched alkanes of at least 4 members (excludes halogenated alkanes) is 1.